The SMILES string of the molecule is [B]c1cc(C#N)cc(C(=O)O)c1. The minimum absolute atomic E-state index is 0.0338. The number of hydrogen-bond donors (Lipinski definition) is 1. The standard InChI is InChI=1S/C8H4BNO2/c9-7-2-5(4-10)1-6(3-7)8(11)12/h1-3H,(H,11,12). The molecule has 3 nitrogen and oxygen atoms in total. The van der Waals surface area contributed by atoms with E-state index in [1.165, 1.54) is 18.2 Å². The molecule has 0 bridgehead atoms. The lowest BCUT2D eigenvalue weighted by molar-refractivity contribution is 0.0697. The molecule has 0 fully saturated rings. The van der Waals surface area contributed by atoms with Crippen molar-refractivity contribution in [2.24, 2.45) is 0 Å². The molecule has 1 rings (SSSR count). The van der Waals surface area contributed by atoms with E-state index in [-0.39, 0.29) is 16.6 Å². The van der Waals surface area contributed by atoms with Gasteiger partial charge in [0.2, 0.25) is 0 Å². The Kier molecular flexibility index (Phi) is 2.15. The third-order valence-electron chi connectivity index (χ3n) is 1.33. The van der Waals surface area contributed by atoms with Crippen molar-refractivity contribution in [2.45, 2.75) is 0 Å². The van der Waals surface area contributed by atoms with Crippen LogP contribution in [-0.4, -0.2) is 18.9 Å². The lowest BCUT2D eigenvalue weighted by atomic mass is 9.92. The molecule has 56 valence electrons. The van der Waals surface area contributed by atoms with Gasteiger partial charge in [0.05, 0.1) is 17.2 Å². The maximum atomic E-state index is 10.5. The summed E-state index contributed by atoms with van der Waals surface area (Å²) in [4.78, 5) is 10.5. The van der Waals surface area contributed by atoms with Gasteiger partial charge in [-0.1, -0.05) is 17.6 Å². The van der Waals surface area contributed by atoms with Crippen LogP contribution >= 0.6 is 0 Å². The molecule has 1 aromatic carbocycles. The summed E-state index contributed by atoms with van der Waals surface area (Å²) in [5, 5.41) is 17.0. The molecule has 0 unspecified atom stereocenters. The zero-order valence-corrected chi connectivity index (χ0v) is 6.11. The van der Waals surface area contributed by atoms with E-state index in [0.717, 1.165) is 0 Å². The van der Waals surface area contributed by atoms with Crippen LogP contribution in [0.1, 0.15) is 15.9 Å². The van der Waals surface area contributed by atoms with E-state index in [4.69, 9.17) is 18.2 Å². The van der Waals surface area contributed by atoms with E-state index in [2.05, 4.69) is 0 Å². The van der Waals surface area contributed by atoms with E-state index in [9.17, 15) is 4.79 Å². The van der Waals surface area contributed by atoms with Crippen molar-refractivity contribution in [3.63, 3.8) is 0 Å². The third-order valence-corrected chi connectivity index (χ3v) is 1.33. The van der Waals surface area contributed by atoms with E-state index >= 15 is 0 Å². The van der Waals surface area contributed by atoms with E-state index in [0.29, 0.717) is 0 Å². The molecule has 0 spiro atoms. The minimum Gasteiger partial charge on any atom is -0.478 e. The number of nitriles is 1. The van der Waals surface area contributed by atoms with Gasteiger partial charge in [-0.15, -0.1) is 0 Å². The molecule has 2 radical (unpaired) electrons. The van der Waals surface area contributed by atoms with Crippen LogP contribution in [0.5, 0.6) is 0 Å². The molecule has 1 N–H and O–H groups in total. The lowest BCUT2D eigenvalue weighted by Crippen LogP contribution is -2.08. The van der Waals surface area contributed by atoms with Crippen LogP contribution in [0.2, 0.25) is 0 Å². The molecule has 12 heavy (non-hydrogen) atoms. The Morgan fingerprint density at radius 1 is 1.50 bits per heavy atom. The first kappa shape index (κ1) is 8.34. The second kappa shape index (κ2) is 3.10. The Labute approximate surface area is 70.7 Å². The van der Waals surface area contributed by atoms with Crippen LogP contribution in [0.15, 0.2) is 18.2 Å². The van der Waals surface area contributed by atoms with Crippen molar-refractivity contribution in [2.75, 3.05) is 0 Å². The molecule has 0 aliphatic heterocycles. The van der Waals surface area contributed by atoms with Gasteiger partial charge in [-0.25, -0.2) is 4.79 Å². The summed E-state index contributed by atoms with van der Waals surface area (Å²) < 4.78 is 0. The van der Waals surface area contributed by atoms with Gasteiger partial charge in [0.25, 0.3) is 0 Å². The molecule has 0 aromatic heterocycles. The molecule has 0 saturated carbocycles. The Hall–Kier alpha value is -1.76. The largest absolute Gasteiger partial charge is 0.478 e. The predicted molar refractivity (Wildman–Crippen MR) is 43.5 cm³/mol. The number of rotatable bonds is 1. The second-order valence-electron chi connectivity index (χ2n) is 2.26. The van der Waals surface area contributed by atoms with Gasteiger partial charge in [0.15, 0.2) is 0 Å². The summed E-state index contributed by atoms with van der Waals surface area (Å²) in [6.07, 6.45) is 0. The molecule has 0 atom stereocenters. The molecule has 0 saturated heterocycles. The Balaban J connectivity index is 3.26. The average Bonchev–Trinajstić information content (AvgIpc) is 2.03. The van der Waals surface area contributed by atoms with Gasteiger partial charge < -0.3 is 5.11 Å². The quantitative estimate of drug-likeness (QED) is 0.585. The second-order valence-corrected chi connectivity index (χ2v) is 2.26. The number of aromatic carboxylic acids is 1. The smallest absolute Gasteiger partial charge is 0.335 e. The highest BCUT2D eigenvalue weighted by atomic mass is 16.4. The monoisotopic (exact) mass is 157 g/mol. The maximum absolute atomic E-state index is 10.5. The highest BCUT2D eigenvalue weighted by Gasteiger charge is 2.03. The van der Waals surface area contributed by atoms with E-state index < -0.39 is 5.97 Å². The summed E-state index contributed by atoms with van der Waals surface area (Å²) in [7, 11) is 5.36. The van der Waals surface area contributed by atoms with Crippen molar-refractivity contribution >= 4 is 19.3 Å². The number of carboxylic acid groups (broad SMARTS) is 1. The maximum Gasteiger partial charge on any atom is 0.335 e. The number of hydrogen-bond acceptors (Lipinski definition) is 2. The summed E-state index contributed by atoms with van der Waals surface area (Å²) >= 11 is 0. The Bertz CT molecular complexity index is 368. The predicted octanol–water partition coefficient (Wildman–Crippen LogP) is 0.0503. The van der Waals surface area contributed by atoms with Crippen LogP contribution in [0.3, 0.4) is 0 Å². The molecule has 1 aromatic rings. The van der Waals surface area contributed by atoms with E-state index in [1.807, 2.05) is 6.07 Å². The van der Waals surface area contributed by atoms with Crippen molar-refractivity contribution < 1.29 is 9.90 Å². The van der Waals surface area contributed by atoms with Gasteiger partial charge >= 0.3 is 5.97 Å². The number of nitrogens with zero attached hydrogens (tertiary/aromatic N) is 1. The molecule has 0 amide bonds. The van der Waals surface area contributed by atoms with Gasteiger partial charge in [0, 0.05) is 0 Å². The highest BCUT2D eigenvalue weighted by Crippen LogP contribution is 2.01. The molecule has 0 aliphatic rings. The van der Waals surface area contributed by atoms with Gasteiger partial charge in [-0.3, -0.25) is 0 Å². The minimum atomic E-state index is -1.08. The first-order valence-corrected chi connectivity index (χ1v) is 3.17. The zero-order valence-electron chi connectivity index (χ0n) is 6.11. The van der Waals surface area contributed by atoms with Crippen LogP contribution in [0.25, 0.3) is 0 Å². The number of carboxylic acids is 1. The molecular weight excluding hydrogens is 153 g/mol. The fourth-order valence-electron chi connectivity index (χ4n) is 0.840. The van der Waals surface area contributed by atoms with Crippen molar-refractivity contribution in [3.05, 3.63) is 29.3 Å². The summed E-state index contributed by atoms with van der Waals surface area (Å²) in [6, 6.07) is 5.83. The van der Waals surface area contributed by atoms with Gasteiger partial charge in [-0.05, 0) is 6.07 Å². The average molecular weight is 157 g/mol. The highest BCUT2D eigenvalue weighted by molar-refractivity contribution is 6.32. The topological polar surface area (TPSA) is 61.1 Å². The summed E-state index contributed by atoms with van der Waals surface area (Å²) in [5.74, 6) is -1.08. The van der Waals surface area contributed by atoms with Crippen molar-refractivity contribution in [1.29, 1.82) is 5.26 Å². The molecular formula is C8H4BNO2. The summed E-state index contributed by atoms with van der Waals surface area (Å²) in [5.41, 5.74) is 0.574. The lowest BCUT2D eigenvalue weighted by Gasteiger charge is -1.97. The third kappa shape index (κ3) is 1.64. The molecule has 0 heterocycles. The Morgan fingerprint density at radius 3 is 2.67 bits per heavy atom. The fraction of sp³-hybridized carbons (Fsp3) is 0. The molecule has 0 aliphatic carbocycles. The van der Waals surface area contributed by atoms with Crippen LogP contribution in [-0.2, 0) is 0 Å². The first-order valence-electron chi connectivity index (χ1n) is 3.17. The van der Waals surface area contributed by atoms with Crippen molar-refractivity contribution in [3.8, 4) is 6.07 Å². The van der Waals surface area contributed by atoms with Crippen molar-refractivity contribution in [1.82, 2.24) is 0 Å². The fourth-order valence-corrected chi connectivity index (χ4v) is 0.840. The Morgan fingerprint density at radius 2 is 2.17 bits per heavy atom. The normalized spacial score (nSPS) is 8.92. The van der Waals surface area contributed by atoms with E-state index in [1.54, 1.807) is 0 Å². The number of carbonyl (C=O) groups is 1. The zero-order chi connectivity index (χ0) is 9.14. The van der Waals surface area contributed by atoms with Crippen LogP contribution in [0.4, 0.5) is 0 Å². The number of benzene rings is 1. The molecule has 4 heteroatoms. The first-order chi connectivity index (χ1) is 5.63. The van der Waals surface area contributed by atoms with Gasteiger partial charge in [-0.2, -0.15) is 5.26 Å². The van der Waals surface area contributed by atoms with Crippen LogP contribution < -0.4 is 5.46 Å². The van der Waals surface area contributed by atoms with Gasteiger partial charge in [0.1, 0.15) is 7.85 Å². The summed E-state index contributed by atoms with van der Waals surface area (Å²) in [6.45, 7) is 0. The van der Waals surface area contributed by atoms with Crippen LogP contribution in [0, 0.1) is 11.3 Å².